The number of carbonyl (C=O) groups excluding carboxylic acids is 2. The molecular weight excluding hydrogens is 320 g/mol. The van der Waals surface area contributed by atoms with Crippen molar-refractivity contribution in [1.29, 1.82) is 0 Å². The molecule has 6 nitrogen and oxygen atoms in total. The van der Waals surface area contributed by atoms with E-state index in [9.17, 15) is 9.59 Å². The van der Waals surface area contributed by atoms with Gasteiger partial charge in [-0.25, -0.2) is 9.59 Å². The molecule has 0 bridgehead atoms. The van der Waals surface area contributed by atoms with Crippen LogP contribution in [0.4, 0.5) is 4.79 Å². The van der Waals surface area contributed by atoms with Gasteiger partial charge in [0.15, 0.2) is 0 Å². The fraction of sp³-hybridized carbons (Fsp3) is 0.368. The highest BCUT2D eigenvalue weighted by Gasteiger charge is 2.12. The average molecular weight is 344 g/mol. The summed E-state index contributed by atoms with van der Waals surface area (Å²) in [5.74, 6) is 0.0863. The predicted octanol–water partition coefficient (Wildman–Crippen LogP) is 3.60. The van der Waals surface area contributed by atoms with Gasteiger partial charge < -0.3 is 18.9 Å². The number of aromatic nitrogens is 1. The molecule has 0 atom stereocenters. The summed E-state index contributed by atoms with van der Waals surface area (Å²) < 4.78 is 12.0. The Morgan fingerprint density at radius 1 is 1.32 bits per heavy atom. The van der Waals surface area contributed by atoms with Crippen LogP contribution in [0.5, 0.6) is 5.75 Å². The summed E-state index contributed by atoms with van der Waals surface area (Å²) >= 11 is 0. The molecule has 0 radical (unpaired) electrons. The van der Waals surface area contributed by atoms with E-state index in [0.717, 1.165) is 29.3 Å². The quantitative estimate of drug-likeness (QED) is 0.593. The fourth-order valence-electron chi connectivity index (χ4n) is 2.48. The van der Waals surface area contributed by atoms with Gasteiger partial charge in [0, 0.05) is 49.9 Å². The van der Waals surface area contributed by atoms with Crippen molar-refractivity contribution in [3.05, 3.63) is 36.0 Å². The molecule has 2 rings (SSSR count). The number of methoxy groups -OCH3 is 1. The van der Waals surface area contributed by atoms with Gasteiger partial charge >= 0.3 is 12.1 Å². The summed E-state index contributed by atoms with van der Waals surface area (Å²) in [7, 11) is 4.97. The molecule has 1 amide bonds. The van der Waals surface area contributed by atoms with Gasteiger partial charge in [0.05, 0.1) is 12.6 Å². The molecule has 0 aliphatic carbocycles. The van der Waals surface area contributed by atoms with E-state index >= 15 is 0 Å². The second-order valence-corrected chi connectivity index (χ2v) is 5.87. The average Bonchev–Trinajstić information content (AvgIpc) is 2.93. The second kappa shape index (κ2) is 8.37. The number of rotatable bonds is 6. The molecular formula is C19H24N2O4. The van der Waals surface area contributed by atoms with E-state index in [0.29, 0.717) is 12.3 Å². The lowest BCUT2D eigenvalue weighted by Gasteiger charge is -2.16. The smallest absolute Gasteiger partial charge is 0.414 e. The fourth-order valence-corrected chi connectivity index (χ4v) is 2.48. The second-order valence-electron chi connectivity index (χ2n) is 5.87. The summed E-state index contributed by atoms with van der Waals surface area (Å²) in [6.45, 7) is 2.75. The summed E-state index contributed by atoms with van der Waals surface area (Å²) in [5.41, 5.74) is 1.80. The van der Waals surface area contributed by atoms with E-state index in [-0.39, 0.29) is 6.09 Å². The summed E-state index contributed by atoms with van der Waals surface area (Å²) in [6, 6.07) is 5.45. The molecule has 0 unspecified atom stereocenters. The Hall–Kier alpha value is -2.76. The maximum absolute atomic E-state index is 12.1. The molecule has 1 heterocycles. The van der Waals surface area contributed by atoms with Crippen molar-refractivity contribution in [2.24, 2.45) is 7.05 Å². The van der Waals surface area contributed by atoms with Crippen LogP contribution in [-0.4, -0.2) is 42.2 Å². The van der Waals surface area contributed by atoms with Gasteiger partial charge in [0.1, 0.15) is 5.75 Å². The SMILES string of the molecule is CCCCN(C)C(=O)Oc1ccc2c(C=CC(=O)OC)cn(C)c2c1. The van der Waals surface area contributed by atoms with Crippen LogP contribution in [0.15, 0.2) is 30.5 Å². The van der Waals surface area contributed by atoms with Crippen LogP contribution in [0.1, 0.15) is 25.3 Å². The van der Waals surface area contributed by atoms with Crippen molar-refractivity contribution in [3.8, 4) is 5.75 Å². The normalized spacial score (nSPS) is 11.0. The molecule has 0 aliphatic heterocycles. The van der Waals surface area contributed by atoms with Crippen molar-refractivity contribution in [1.82, 2.24) is 9.47 Å². The predicted molar refractivity (Wildman–Crippen MR) is 97.5 cm³/mol. The zero-order valence-electron chi connectivity index (χ0n) is 15.1. The van der Waals surface area contributed by atoms with E-state index in [1.54, 1.807) is 24.1 Å². The summed E-state index contributed by atoms with van der Waals surface area (Å²) in [5, 5.41) is 0.960. The Kier molecular flexibility index (Phi) is 6.22. The number of aryl methyl sites for hydroxylation is 1. The van der Waals surface area contributed by atoms with Gasteiger partial charge in [-0.3, -0.25) is 0 Å². The van der Waals surface area contributed by atoms with Crippen molar-refractivity contribution >= 4 is 29.0 Å². The minimum absolute atomic E-state index is 0.368. The van der Waals surface area contributed by atoms with Gasteiger partial charge in [0.25, 0.3) is 0 Å². The van der Waals surface area contributed by atoms with E-state index < -0.39 is 5.97 Å². The highest BCUT2D eigenvalue weighted by Crippen LogP contribution is 2.26. The van der Waals surface area contributed by atoms with Crippen molar-refractivity contribution in [3.63, 3.8) is 0 Å². The molecule has 0 aliphatic rings. The molecule has 0 N–H and O–H groups in total. The number of nitrogens with zero attached hydrogens (tertiary/aromatic N) is 2. The number of fused-ring (bicyclic) bond motifs is 1. The van der Waals surface area contributed by atoms with Crippen LogP contribution < -0.4 is 4.74 Å². The third-order valence-electron chi connectivity index (χ3n) is 3.96. The van der Waals surface area contributed by atoms with Crippen molar-refractivity contribution in [2.45, 2.75) is 19.8 Å². The number of hydrogen-bond acceptors (Lipinski definition) is 4. The van der Waals surface area contributed by atoms with Crippen molar-refractivity contribution < 1.29 is 19.1 Å². The topological polar surface area (TPSA) is 60.8 Å². The lowest BCUT2D eigenvalue weighted by Crippen LogP contribution is -2.30. The molecule has 1 aromatic carbocycles. The largest absolute Gasteiger partial charge is 0.466 e. The third-order valence-corrected chi connectivity index (χ3v) is 3.96. The Balaban J connectivity index is 2.20. The Morgan fingerprint density at radius 2 is 2.08 bits per heavy atom. The van der Waals surface area contributed by atoms with Gasteiger partial charge in [0.2, 0.25) is 0 Å². The Bertz CT molecular complexity index is 792. The first kappa shape index (κ1) is 18.6. The monoisotopic (exact) mass is 344 g/mol. The highest BCUT2D eigenvalue weighted by atomic mass is 16.6. The van der Waals surface area contributed by atoms with Gasteiger partial charge in [-0.05, 0) is 24.6 Å². The van der Waals surface area contributed by atoms with E-state index in [2.05, 4.69) is 11.7 Å². The maximum atomic E-state index is 12.1. The number of esters is 1. The van der Waals surface area contributed by atoms with Gasteiger partial charge in [-0.15, -0.1) is 0 Å². The zero-order valence-corrected chi connectivity index (χ0v) is 15.1. The number of benzene rings is 1. The van der Waals surface area contributed by atoms with Gasteiger partial charge in [-0.2, -0.15) is 0 Å². The first-order chi connectivity index (χ1) is 12.0. The number of ether oxygens (including phenoxy) is 2. The summed E-state index contributed by atoms with van der Waals surface area (Å²) in [4.78, 5) is 24.9. The molecule has 0 spiro atoms. The molecule has 134 valence electrons. The minimum atomic E-state index is -0.405. The van der Waals surface area contributed by atoms with E-state index in [1.807, 2.05) is 29.9 Å². The Labute approximate surface area is 147 Å². The number of unbranched alkanes of at least 4 members (excludes halogenated alkanes) is 1. The van der Waals surface area contributed by atoms with Gasteiger partial charge in [-0.1, -0.05) is 13.3 Å². The maximum Gasteiger partial charge on any atom is 0.414 e. The molecule has 0 saturated carbocycles. The zero-order chi connectivity index (χ0) is 18.4. The Morgan fingerprint density at radius 3 is 2.76 bits per heavy atom. The van der Waals surface area contributed by atoms with Crippen LogP contribution in [0.3, 0.4) is 0 Å². The van der Waals surface area contributed by atoms with Crippen LogP contribution >= 0.6 is 0 Å². The first-order valence-electron chi connectivity index (χ1n) is 8.24. The molecule has 1 aromatic heterocycles. The molecule has 0 fully saturated rings. The molecule has 0 saturated heterocycles. The number of carbonyl (C=O) groups is 2. The highest BCUT2D eigenvalue weighted by molar-refractivity contribution is 5.95. The van der Waals surface area contributed by atoms with Crippen LogP contribution in [-0.2, 0) is 16.6 Å². The first-order valence-corrected chi connectivity index (χ1v) is 8.24. The standard InChI is InChI=1S/C19H24N2O4/c1-5-6-11-20(2)19(23)25-15-8-9-16-14(7-10-18(22)24-4)13-21(3)17(16)12-15/h7-10,12-13H,5-6,11H2,1-4H3. The van der Waals surface area contributed by atoms with E-state index in [1.165, 1.54) is 13.2 Å². The van der Waals surface area contributed by atoms with Crippen LogP contribution in [0.2, 0.25) is 0 Å². The molecule has 25 heavy (non-hydrogen) atoms. The van der Waals surface area contributed by atoms with Crippen molar-refractivity contribution in [2.75, 3.05) is 20.7 Å². The van der Waals surface area contributed by atoms with Crippen LogP contribution in [0, 0.1) is 0 Å². The molecule has 2 aromatic rings. The third kappa shape index (κ3) is 4.62. The number of hydrogen-bond donors (Lipinski definition) is 0. The van der Waals surface area contributed by atoms with E-state index in [4.69, 9.17) is 4.74 Å². The molecule has 6 heteroatoms. The minimum Gasteiger partial charge on any atom is -0.466 e. The lowest BCUT2D eigenvalue weighted by atomic mass is 10.1. The summed E-state index contributed by atoms with van der Waals surface area (Å²) in [6.07, 6.45) is 6.59. The lowest BCUT2D eigenvalue weighted by molar-refractivity contribution is -0.134. The van der Waals surface area contributed by atoms with Crippen LogP contribution in [0.25, 0.3) is 17.0 Å². The number of amides is 1.